The van der Waals surface area contributed by atoms with E-state index in [4.69, 9.17) is 9.47 Å². The van der Waals surface area contributed by atoms with E-state index in [0.717, 1.165) is 5.56 Å². The second kappa shape index (κ2) is 4.86. The van der Waals surface area contributed by atoms with E-state index in [2.05, 4.69) is 0 Å². The molecule has 2 unspecified atom stereocenters. The molecule has 1 aliphatic heterocycles. The van der Waals surface area contributed by atoms with Crippen molar-refractivity contribution < 1.29 is 19.4 Å². The molecule has 1 N–H and O–H groups in total. The van der Waals surface area contributed by atoms with Gasteiger partial charge in [-0.05, 0) is 19.1 Å². The minimum absolute atomic E-state index is 0.101. The van der Waals surface area contributed by atoms with Gasteiger partial charge in [0.15, 0.2) is 6.10 Å². The molecule has 1 aromatic carbocycles. The lowest BCUT2D eigenvalue weighted by molar-refractivity contribution is -0.135. The third-order valence-corrected chi connectivity index (χ3v) is 2.84. The van der Waals surface area contributed by atoms with Gasteiger partial charge in [-0.3, -0.25) is 4.79 Å². The van der Waals surface area contributed by atoms with Gasteiger partial charge in [0, 0.05) is 25.7 Å². The number of amides is 1. The van der Waals surface area contributed by atoms with Crippen LogP contribution in [0.2, 0.25) is 0 Å². The summed E-state index contributed by atoms with van der Waals surface area (Å²) in [5.74, 6) is 1.08. The summed E-state index contributed by atoms with van der Waals surface area (Å²) >= 11 is 0. The van der Waals surface area contributed by atoms with Crippen molar-refractivity contribution in [2.45, 2.75) is 19.1 Å². The molecule has 0 saturated carbocycles. The summed E-state index contributed by atoms with van der Waals surface area (Å²) in [4.78, 5) is 13.1. The standard InChI is InChI=1S/C13H17NO4/c1-8(13(16)14(2)3)18-9-4-5-10-11(15)7-17-12(10)6-9/h4-6,8,11,15H,7H2,1-3H3. The number of benzene rings is 1. The lowest BCUT2D eigenvalue weighted by atomic mass is 10.1. The monoisotopic (exact) mass is 251 g/mol. The number of fused-ring (bicyclic) bond motifs is 1. The normalized spacial score (nSPS) is 18.8. The molecule has 0 bridgehead atoms. The predicted octanol–water partition coefficient (Wildman–Crippen LogP) is 0.968. The Kier molecular flexibility index (Phi) is 3.43. The molecule has 1 amide bonds. The minimum atomic E-state index is -0.574. The Bertz CT molecular complexity index is 458. The Labute approximate surface area is 106 Å². The highest BCUT2D eigenvalue weighted by molar-refractivity contribution is 5.80. The van der Waals surface area contributed by atoms with E-state index >= 15 is 0 Å². The Balaban J connectivity index is 2.09. The molecule has 0 aliphatic carbocycles. The largest absolute Gasteiger partial charge is 0.490 e. The lowest BCUT2D eigenvalue weighted by Crippen LogP contribution is -2.35. The van der Waals surface area contributed by atoms with E-state index in [1.807, 2.05) is 0 Å². The van der Waals surface area contributed by atoms with Gasteiger partial charge in [0.1, 0.15) is 24.2 Å². The minimum Gasteiger partial charge on any atom is -0.490 e. The van der Waals surface area contributed by atoms with Crippen LogP contribution in [0.1, 0.15) is 18.6 Å². The summed E-state index contributed by atoms with van der Waals surface area (Å²) in [5, 5.41) is 9.59. The van der Waals surface area contributed by atoms with E-state index in [1.165, 1.54) is 4.90 Å². The smallest absolute Gasteiger partial charge is 0.262 e. The summed E-state index contributed by atoms with van der Waals surface area (Å²) in [5.41, 5.74) is 0.758. The van der Waals surface area contributed by atoms with Crippen LogP contribution in [-0.2, 0) is 4.79 Å². The van der Waals surface area contributed by atoms with Gasteiger partial charge >= 0.3 is 0 Å². The Hall–Kier alpha value is -1.75. The van der Waals surface area contributed by atoms with Crippen molar-refractivity contribution in [3.8, 4) is 11.5 Å². The first-order valence-corrected chi connectivity index (χ1v) is 5.81. The number of carbonyl (C=O) groups is 1. The maximum atomic E-state index is 11.7. The summed E-state index contributed by atoms with van der Waals surface area (Å²) < 4.78 is 10.9. The molecule has 0 aromatic heterocycles. The van der Waals surface area contributed by atoms with Crippen LogP contribution in [-0.4, -0.2) is 42.7 Å². The Morgan fingerprint density at radius 3 is 2.94 bits per heavy atom. The van der Waals surface area contributed by atoms with Crippen LogP contribution in [0.15, 0.2) is 18.2 Å². The molecule has 98 valence electrons. The first-order chi connectivity index (χ1) is 8.49. The predicted molar refractivity (Wildman–Crippen MR) is 65.7 cm³/mol. The summed E-state index contributed by atoms with van der Waals surface area (Å²) in [7, 11) is 3.37. The van der Waals surface area contributed by atoms with Crippen LogP contribution in [0.4, 0.5) is 0 Å². The van der Waals surface area contributed by atoms with E-state index in [-0.39, 0.29) is 12.5 Å². The van der Waals surface area contributed by atoms with Gasteiger partial charge in [-0.1, -0.05) is 0 Å². The Morgan fingerprint density at radius 2 is 2.28 bits per heavy atom. The zero-order chi connectivity index (χ0) is 13.3. The van der Waals surface area contributed by atoms with Crippen LogP contribution in [0, 0.1) is 0 Å². The highest BCUT2D eigenvalue weighted by Crippen LogP contribution is 2.35. The first kappa shape index (κ1) is 12.7. The average molecular weight is 251 g/mol. The summed E-state index contributed by atoms with van der Waals surface area (Å²) in [6.45, 7) is 1.97. The number of likely N-dealkylation sites (N-methyl/N-ethyl adjacent to an activating group) is 1. The summed E-state index contributed by atoms with van der Waals surface area (Å²) in [6.07, 6.45) is -1.13. The van der Waals surface area contributed by atoms with Crippen molar-refractivity contribution in [2.75, 3.05) is 20.7 Å². The van der Waals surface area contributed by atoms with Gasteiger partial charge in [0.05, 0.1) is 0 Å². The maximum absolute atomic E-state index is 11.7. The molecule has 2 atom stereocenters. The molecule has 0 saturated heterocycles. The number of aliphatic hydroxyl groups is 1. The average Bonchev–Trinajstić information content (AvgIpc) is 2.69. The highest BCUT2D eigenvalue weighted by atomic mass is 16.5. The van der Waals surface area contributed by atoms with Crippen molar-refractivity contribution >= 4 is 5.91 Å². The van der Waals surface area contributed by atoms with E-state index in [1.54, 1.807) is 39.2 Å². The second-order valence-electron chi connectivity index (χ2n) is 4.52. The number of rotatable bonds is 3. The SMILES string of the molecule is CC(Oc1ccc2c(c1)OCC2O)C(=O)N(C)C. The molecule has 18 heavy (non-hydrogen) atoms. The summed E-state index contributed by atoms with van der Waals surface area (Å²) in [6, 6.07) is 5.19. The lowest BCUT2D eigenvalue weighted by Gasteiger charge is -2.18. The van der Waals surface area contributed by atoms with Crippen molar-refractivity contribution in [3.05, 3.63) is 23.8 Å². The van der Waals surface area contributed by atoms with E-state index in [0.29, 0.717) is 11.5 Å². The maximum Gasteiger partial charge on any atom is 0.262 e. The molecule has 1 aromatic rings. The van der Waals surface area contributed by atoms with Gasteiger partial charge in [-0.25, -0.2) is 0 Å². The fourth-order valence-electron chi connectivity index (χ4n) is 1.86. The van der Waals surface area contributed by atoms with Crippen molar-refractivity contribution in [1.29, 1.82) is 0 Å². The molecule has 0 radical (unpaired) electrons. The topological polar surface area (TPSA) is 59.0 Å². The fourth-order valence-corrected chi connectivity index (χ4v) is 1.86. The van der Waals surface area contributed by atoms with Crippen molar-refractivity contribution in [1.82, 2.24) is 4.90 Å². The molecule has 1 heterocycles. The molecule has 0 spiro atoms. The molecular formula is C13H17NO4. The van der Waals surface area contributed by atoms with Crippen LogP contribution in [0.3, 0.4) is 0 Å². The molecular weight excluding hydrogens is 234 g/mol. The van der Waals surface area contributed by atoms with Crippen LogP contribution >= 0.6 is 0 Å². The fraction of sp³-hybridized carbons (Fsp3) is 0.462. The van der Waals surface area contributed by atoms with Crippen molar-refractivity contribution in [2.24, 2.45) is 0 Å². The number of carbonyl (C=O) groups excluding carboxylic acids is 1. The zero-order valence-corrected chi connectivity index (χ0v) is 10.7. The van der Waals surface area contributed by atoms with E-state index < -0.39 is 12.2 Å². The van der Waals surface area contributed by atoms with Crippen LogP contribution in [0.25, 0.3) is 0 Å². The Morgan fingerprint density at radius 1 is 1.56 bits per heavy atom. The number of aliphatic hydroxyl groups excluding tert-OH is 1. The van der Waals surface area contributed by atoms with Gasteiger partial charge in [-0.15, -0.1) is 0 Å². The number of nitrogens with zero attached hydrogens (tertiary/aromatic N) is 1. The van der Waals surface area contributed by atoms with Gasteiger partial charge in [0.25, 0.3) is 5.91 Å². The second-order valence-corrected chi connectivity index (χ2v) is 4.52. The van der Waals surface area contributed by atoms with Gasteiger partial charge in [0.2, 0.25) is 0 Å². The first-order valence-electron chi connectivity index (χ1n) is 5.81. The molecule has 5 heteroatoms. The van der Waals surface area contributed by atoms with Crippen molar-refractivity contribution in [3.63, 3.8) is 0 Å². The highest BCUT2D eigenvalue weighted by Gasteiger charge is 2.23. The van der Waals surface area contributed by atoms with Crippen LogP contribution < -0.4 is 9.47 Å². The molecule has 0 fully saturated rings. The third kappa shape index (κ3) is 2.41. The van der Waals surface area contributed by atoms with E-state index in [9.17, 15) is 9.90 Å². The number of hydrogen-bond acceptors (Lipinski definition) is 4. The number of hydrogen-bond donors (Lipinski definition) is 1. The number of ether oxygens (including phenoxy) is 2. The zero-order valence-electron chi connectivity index (χ0n) is 10.7. The van der Waals surface area contributed by atoms with Crippen LogP contribution in [0.5, 0.6) is 11.5 Å². The quantitative estimate of drug-likeness (QED) is 0.869. The van der Waals surface area contributed by atoms with Gasteiger partial charge < -0.3 is 19.5 Å². The third-order valence-electron chi connectivity index (χ3n) is 2.84. The van der Waals surface area contributed by atoms with Gasteiger partial charge in [-0.2, -0.15) is 0 Å². The molecule has 5 nitrogen and oxygen atoms in total. The molecule has 1 aliphatic rings. The molecule has 2 rings (SSSR count).